The number of carbonyl (C=O) groups is 1. The number of carboxylic acid groups (broad SMARTS) is 1. The van der Waals surface area contributed by atoms with Crippen molar-refractivity contribution in [1.29, 1.82) is 0 Å². The Morgan fingerprint density at radius 2 is 1.95 bits per heavy atom. The largest absolute Gasteiger partial charge is 0.478 e. The first-order chi connectivity index (χ1) is 9.13. The van der Waals surface area contributed by atoms with Crippen molar-refractivity contribution in [2.45, 2.75) is 12.2 Å². The van der Waals surface area contributed by atoms with Crippen molar-refractivity contribution >= 4 is 34.2 Å². The van der Waals surface area contributed by atoms with E-state index in [0.29, 0.717) is 10.8 Å². The summed E-state index contributed by atoms with van der Waals surface area (Å²) >= 11 is 1.80. The quantitative estimate of drug-likeness (QED) is 0.873. The third-order valence-corrected chi connectivity index (χ3v) is 4.11. The highest BCUT2D eigenvalue weighted by molar-refractivity contribution is 7.99. The molecule has 0 radical (unpaired) electrons. The molecule has 0 heterocycles. The molecule has 0 aliphatic carbocycles. The lowest BCUT2D eigenvalue weighted by atomic mass is 10.0. The molecular weight excluding hydrogens is 258 g/mol. The summed E-state index contributed by atoms with van der Waals surface area (Å²) in [5.74, 6) is -0.889. The fourth-order valence-electron chi connectivity index (χ4n) is 1.98. The monoisotopic (exact) mass is 275 g/mol. The smallest absolute Gasteiger partial charge is 0.336 e. The number of nitrogens with one attached hydrogen (secondary N) is 1. The third-order valence-electron chi connectivity index (χ3n) is 3.14. The first-order valence-electron chi connectivity index (χ1n) is 6.15. The van der Waals surface area contributed by atoms with E-state index < -0.39 is 5.97 Å². The number of carboxylic acids is 1. The van der Waals surface area contributed by atoms with Crippen LogP contribution in [0.25, 0.3) is 10.8 Å². The first-order valence-corrected chi connectivity index (χ1v) is 7.44. The van der Waals surface area contributed by atoms with Crippen LogP contribution >= 0.6 is 11.8 Å². The maximum atomic E-state index is 11.2. The summed E-state index contributed by atoms with van der Waals surface area (Å²) in [6.07, 6.45) is 2.08. The molecule has 0 fully saturated rings. The Morgan fingerprint density at radius 3 is 2.58 bits per heavy atom. The Bertz CT molecular complexity index is 598. The van der Waals surface area contributed by atoms with Gasteiger partial charge < -0.3 is 10.4 Å². The number of rotatable bonds is 5. The number of hydrogen-bond acceptors (Lipinski definition) is 3. The standard InChI is InChI=1S/C15H17NO2S/c1-10(19-2)9-16-14-8-7-13(15(17)18)11-5-3-4-6-12(11)14/h3-8,10,16H,9H2,1-2H3,(H,17,18). The van der Waals surface area contributed by atoms with Crippen LogP contribution in [0.3, 0.4) is 0 Å². The summed E-state index contributed by atoms with van der Waals surface area (Å²) in [5.41, 5.74) is 1.33. The summed E-state index contributed by atoms with van der Waals surface area (Å²) in [6.45, 7) is 3.02. The van der Waals surface area contributed by atoms with Crippen LogP contribution in [0, 0.1) is 0 Å². The molecule has 0 aromatic heterocycles. The third kappa shape index (κ3) is 3.01. The number of hydrogen-bond donors (Lipinski definition) is 2. The number of fused-ring (bicyclic) bond motifs is 1. The van der Waals surface area contributed by atoms with Gasteiger partial charge in [0.15, 0.2) is 0 Å². The van der Waals surface area contributed by atoms with Gasteiger partial charge in [-0.2, -0.15) is 11.8 Å². The molecule has 2 rings (SSSR count). The molecule has 0 amide bonds. The molecule has 19 heavy (non-hydrogen) atoms. The van der Waals surface area contributed by atoms with E-state index in [2.05, 4.69) is 18.5 Å². The van der Waals surface area contributed by atoms with E-state index in [0.717, 1.165) is 23.0 Å². The van der Waals surface area contributed by atoms with E-state index in [1.165, 1.54) is 0 Å². The average Bonchev–Trinajstić information content (AvgIpc) is 2.43. The highest BCUT2D eigenvalue weighted by atomic mass is 32.2. The SMILES string of the molecule is CSC(C)CNc1ccc(C(=O)O)c2ccccc12. The van der Waals surface area contributed by atoms with Crippen LogP contribution in [0.4, 0.5) is 5.69 Å². The second-order valence-electron chi connectivity index (χ2n) is 4.44. The highest BCUT2D eigenvalue weighted by Crippen LogP contribution is 2.27. The van der Waals surface area contributed by atoms with Crippen LogP contribution < -0.4 is 5.32 Å². The topological polar surface area (TPSA) is 49.3 Å². The zero-order valence-electron chi connectivity index (χ0n) is 11.0. The minimum Gasteiger partial charge on any atom is -0.478 e. The van der Waals surface area contributed by atoms with Crippen LogP contribution in [-0.4, -0.2) is 29.1 Å². The minimum atomic E-state index is -0.889. The summed E-state index contributed by atoms with van der Waals surface area (Å²) in [4.78, 5) is 11.2. The van der Waals surface area contributed by atoms with E-state index in [4.69, 9.17) is 0 Å². The molecular formula is C15H17NO2S. The summed E-state index contributed by atoms with van der Waals surface area (Å²) < 4.78 is 0. The molecule has 1 atom stereocenters. The number of benzene rings is 2. The fraction of sp³-hybridized carbons (Fsp3) is 0.267. The van der Waals surface area contributed by atoms with Crippen LogP contribution in [0.15, 0.2) is 36.4 Å². The predicted octanol–water partition coefficient (Wildman–Crippen LogP) is 3.70. The van der Waals surface area contributed by atoms with E-state index >= 15 is 0 Å². The van der Waals surface area contributed by atoms with Crippen molar-refractivity contribution < 1.29 is 9.90 Å². The van der Waals surface area contributed by atoms with Gasteiger partial charge in [-0.1, -0.05) is 31.2 Å². The molecule has 4 heteroatoms. The van der Waals surface area contributed by atoms with Gasteiger partial charge in [0.2, 0.25) is 0 Å². The van der Waals surface area contributed by atoms with Crippen molar-refractivity contribution in [2.24, 2.45) is 0 Å². The molecule has 0 saturated heterocycles. The first kappa shape index (κ1) is 13.7. The van der Waals surface area contributed by atoms with Crippen molar-refractivity contribution in [3.63, 3.8) is 0 Å². The van der Waals surface area contributed by atoms with Gasteiger partial charge in [0.25, 0.3) is 0 Å². The fourth-order valence-corrected chi connectivity index (χ4v) is 2.23. The lowest BCUT2D eigenvalue weighted by Crippen LogP contribution is -2.13. The van der Waals surface area contributed by atoms with Crippen molar-refractivity contribution in [3.8, 4) is 0 Å². The number of anilines is 1. The van der Waals surface area contributed by atoms with Gasteiger partial charge in [-0.15, -0.1) is 0 Å². The van der Waals surface area contributed by atoms with E-state index in [1.54, 1.807) is 17.8 Å². The minimum absolute atomic E-state index is 0.346. The highest BCUT2D eigenvalue weighted by Gasteiger charge is 2.11. The molecule has 100 valence electrons. The molecule has 0 aliphatic heterocycles. The zero-order chi connectivity index (χ0) is 13.8. The molecule has 0 aliphatic rings. The molecule has 2 N–H and O–H groups in total. The van der Waals surface area contributed by atoms with Crippen molar-refractivity contribution in [2.75, 3.05) is 18.1 Å². The Kier molecular flexibility index (Phi) is 4.32. The van der Waals surface area contributed by atoms with Crippen LogP contribution in [0.5, 0.6) is 0 Å². The zero-order valence-corrected chi connectivity index (χ0v) is 11.8. The maximum Gasteiger partial charge on any atom is 0.336 e. The Morgan fingerprint density at radius 1 is 1.26 bits per heavy atom. The molecule has 0 spiro atoms. The van der Waals surface area contributed by atoms with Crippen molar-refractivity contribution in [1.82, 2.24) is 0 Å². The van der Waals surface area contributed by atoms with Gasteiger partial charge in [-0.05, 0) is 23.8 Å². The van der Waals surface area contributed by atoms with Crippen LogP contribution in [0.1, 0.15) is 17.3 Å². The predicted molar refractivity (Wildman–Crippen MR) is 82.4 cm³/mol. The van der Waals surface area contributed by atoms with Crippen molar-refractivity contribution in [3.05, 3.63) is 42.0 Å². The second-order valence-corrected chi connectivity index (χ2v) is 5.71. The summed E-state index contributed by atoms with van der Waals surface area (Å²) in [7, 11) is 0. The van der Waals surface area contributed by atoms with Gasteiger partial charge in [-0.25, -0.2) is 4.79 Å². The Balaban J connectivity index is 2.41. The van der Waals surface area contributed by atoms with Gasteiger partial charge >= 0.3 is 5.97 Å². The molecule has 0 bridgehead atoms. The Labute approximate surface area is 117 Å². The average molecular weight is 275 g/mol. The van der Waals surface area contributed by atoms with Crippen LogP contribution in [0.2, 0.25) is 0 Å². The molecule has 1 unspecified atom stereocenters. The lowest BCUT2D eigenvalue weighted by Gasteiger charge is -2.14. The normalized spacial score (nSPS) is 12.3. The van der Waals surface area contributed by atoms with E-state index in [1.807, 2.05) is 30.3 Å². The van der Waals surface area contributed by atoms with Gasteiger partial charge in [0.05, 0.1) is 5.56 Å². The van der Waals surface area contributed by atoms with E-state index in [9.17, 15) is 9.90 Å². The molecule has 3 nitrogen and oxygen atoms in total. The van der Waals surface area contributed by atoms with Gasteiger partial charge in [-0.3, -0.25) is 0 Å². The molecule has 0 saturated carbocycles. The summed E-state index contributed by atoms with van der Waals surface area (Å²) in [6, 6.07) is 11.1. The van der Waals surface area contributed by atoms with Crippen LogP contribution in [-0.2, 0) is 0 Å². The molecule has 2 aromatic carbocycles. The van der Waals surface area contributed by atoms with Gasteiger partial charge in [0.1, 0.15) is 0 Å². The molecule has 2 aromatic rings. The maximum absolute atomic E-state index is 11.2. The van der Waals surface area contributed by atoms with Gasteiger partial charge in [0, 0.05) is 22.9 Å². The number of aromatic carboxylic acids is 1. The summed E-state index contributed by atoms with van der Waals surface area (Å²) in [5, 5.41) is 14.8. The van der Waals surface area contributed by atoms with E-state index in [-0.39, 0.29) is 0 Å². The Hall–Kier alpha value is -1.68. The second kappa shape index (κ2) is 5.97. The lowest BCUT2D eigenvalue weighted by molar-refractivity contribution is 0.0699. The number of thioether (sulfide) groups is 1.